The first-order valence-corrected chi connectivity index (χ1v) is 11.4. The van der Waals surface area contributed by atoms with Gasteiger partial charge in [-0.3, -0.25) is 4.79 Å². The third-order valence-corrected chi connectivity index (χ3v) is 6.20. The average Bonchev–Trinajstić information content (AvgIpc) is 2.72. The standard InChI is InChI=1S/C24H26N2O4S/c1-17-13-18(2)15-21(14-17)25-24(27)16-30-22-9-11-23(12-10-22)31(28,29)26-19(3)20-7-5-4-6-8-20/h4-15,19,26H,16H2,1-3H3,(H,25,27)/t19-/m1/s1. The van der Waals surface area contributed by atoms with Crippen molar-refractivity contribution in [1.82, 2.24) is 4.72 Å². The summed E-state index contributed by atoms with van der Waals surface area (Å²) < 4.78 is 33.4. The Hall–Kier alpha value is -3.16. The van der Waals surface area contributed by atoms with Gasteiger partial charge in [-0.2, -0.15) is 0 Å². The third-order valence-electron chi connectivity index (χ3n) is 4.64. The molecule has 0 saturated carbocycles. The predicted octanol–water partition coefficient (Wildman–Crippen LogP) is 4.36. The van der Waals surface area contributed by atoms with Crippen molar-refractivity contribution in [3.05, 3.63) is 89.5 Å². The van der Waals surface area contributed by atoms with Crippen LogP contribution < -0.4 is 14.8 Å². The fraction of sp³-hybridized carbons (Fsp3) is 0.208. The van der Waals surface area contributed by atoms with Gasteiger partial charge in [-0.25, -0.2) is 13.1 Å². The van der Waals surface area contributed by atoms with Crippen LogP contribution in [-0.2, 0) is 14.8 Å². The molecule has 0 spiro atoms. The highest BCUT2D eigenvalue weighted by molar-refractivity contribution is 7.89. The number of carbonyl (C=O) groups is 1. The molecule has 0 bridgehead atoms. The number of aryl methyl sites for hydroxylation is 2. The predicted molar refractivity (Wildman–Crippen MR) is 122 cm³/mol. The average molecular weight is 439 g/mol. The Morgan fingerprint density at radius 1 is 0.935 bits per heavy atom. The van der Waals surface area contributed by atoms with Crippen LogP contribution in [0.5, 0.6) is 5.75 Å². The van der Waals surface area contributed by atoms with E-state index in [-0.39, 0.29) is 23.5 Å². The molecule has 0 fully saturated rings. The number of rotatable bonds is 8. The van der Waals surface area contributed by atoms with E-state index in [9.17, 15) is 13.2 Å². The van der Waals surface area contributed by atoms with E-state index < -0.39 is 10.0 Å². The normalized spacial score (nSPS) is 12.2. The highest BCUT2D eigenvalue weighted by atomic mass is 32.2. The van der Waals surface area contributed by atoms with Crippen LogP contribution in [0.25, 0.3) is 0 Å². The number of benzene rings is 3. The molecule has 0 heterocycles. The molecule has 0 unspecified atom stereocenters. The van der Waals surface area contributed by atoms with Gasteiger partial charge in [0.1, 0.15) is 5.75 Å². The van der Waals surface area contributed by atoms with Crippen molar-refractivity contribution >= 4 is 21.6 Å². The smallest absolute Gasteiger partial charge is 0.262 e. The fourth-order valence-electron chi connectivity index (χ4n) is 3.22. The van der Waals surface area contributed by atoms with Crippen molar-refractivity contribution in [2.45, 2.75) is 31.7 Å². The largest absolute Gasteiger partial charge is 0.484 e. The first-order chi connectivity index (χ1) is 14.7. The van der Waals surface area contributed by atoms with Gasteiger partial charge in [-0.1, -0.05) is 36.4 Å². The van der Waals surface area contributed by atoms with Gasteiger partial charge < -0.3 is 10.1 Å². The molecule has 31 heavy (non-hydrogen) atoms. The SMILES string of the molecule is Cc1cc(C)cc(NC(=O)COc2ccc(S(=O)(=O)N[C@H](C)c3ccccc3)cc2)c1. The highest BCUT2D eigenvalue weighted by Crippen LogP contribution is 2.20. The number of ether oxygens (including phenoxy) is 1. The zero-order chi connectivity index (χ0) is 22.4. The van der Waals surface area contributed by atoms with Crippen LogP contribution >= 0.6 is 0 Å². The maximum absolute atomic E-state index is 12.6. The molecule has 3 rings (SSSR count). The van der Waals surface area contributed by atoms with Crippen LogP contribution in [0.2, 0.25) is 0 Å². The number of nitrogens with one attached hydrogen (secondary N) is 2. The van der Waals surface area contributed by atoms with Crippen LogP contribution in [0, 0.1) is 13.8 Å². The molecule has 1 amide bonds. The second-order valence-corrected chi connectivity index (χ2v) is 9.15. The summed E-state index contributed by atoms with van der Waals surface area (Å²) in [6.07, 6.45) is 0. The highest BCUT2D eigenvalue weighted by Gasteiger charge is 2.18. The minimum absolute atomic E-state index is 0.127. The van der Waals surface area contributed by atoms with Crippen molar-refractivity contribution in [3.63, 3.8) is 0 Å². The summed E-state index contributed by atoms with van der Waals surface area (Å²) in [5.41, 5.74) is 3.71. The second kappa shape index (κ2) is 9.76. The van der Waals surface area contributed by atoms with Crippen LogP contribution in [0.1, 0.15) is 29.7 Å². The van der Waals surface area contributed by atoms with Gasteiger partial charge in [0.25, 0.3) is 5.91 Å². The lowest BCUT2D eigenvalue weighted by atomic mass is 10.1. The van der Waals surface area contributed by atoms with Gasteiger partial charge in [0.2, 0.25) is 10.0 Å². The van der Waals surface area contributed by atoms with Crippen molar-refractivity contribution in [2.75, 3.05) is 11.9 Å². The first kappa shape index (κ1) is 22.5. The molecule has 0 aromatic heterocycles. The van der Waals surface area contributed by atoms with Gasteiger partial charge >= 0.3 is 0 Å². The maximum Gasteiger partial charge on any atom is 0.262 e. The maximum atomic E-state index is 12.6. The Bertz CT molecular complexity index is 1120. The lowest BCUT2D eigenvalue weighted by Crippen LogP contribution is -2.26. The molecular formula is C24H26N2O4S. The zero-order valence-electron chi connectivity index (χ0n) is 17.8. The Balaban J connectivity index is 1.57. The van der Waals surface area contributed by atoms with Crippen molar-refractivity contribution in [1.29, 1.82) is 0 Å². The topological polar surface area (TPSA) is 84.5 Å². The minimum atomic E-state index is -3.69. The van der Waals surface area contributed by atoms with Crippen LogP contribution in [0.15, 0.2) is 77.7 Å². The van der Waals surface area contributed by atoms with Crippen molar-refractivity contribution in [3.8, 4) is 5.75 Å². The van der Waals surface area contributed by atoms with E-state index in [0.29, 0.717) is 11.4 Å². The zero-order valence-corrected chi connectivity index (χ0v) is 18.6. The lowest BCUT2D eigenvalue weighted by molar-refractivity contribution is -0.118. The van der Waals surface area contributed by atoms with Gasteiger partial charge in [-0.15, -0.1) is 0 Å². The minimum Gasteiger partial charge on any atom is -0.484 e. The summed E-state index contributed by atoms with van der Waals surface area (Å²) >= 11 is 0. The molecule has 3 aromatic carbocycles. The summed E-state index contributed by atoms with van der Waals surface area (Å²) in [5.74, 6) is 0.116. The first-order valence-electron chi connectivity index (χ1n) is 9.91. The van der Waals surface area contributed by atoms with Crippen molar-refractivity contribution in [2.24, 2.45) is 0 Å². The molecule has 0 radical (unpaired) electrons. The quantitative estimate of drug-likeness (QED) is 0.547. The molecule has 3 aromatic rings. The molecule has 0 aliphatic rings. The van der Waals surface area contributed by atoms with E-state index >= 15 is 0 Å². The van der Waals surface area contributed by atoms with E-state index in [1.165, 1.54) is 24.3 Å². The number of carbonyl (C=O) groups excluding carboxylic acids is 1. The third kappa shape index (κ3) is 6.41. The number of anilines is 1. The molecule has 6 nitrogen and oxygen atoms in total. The van der Waals surface area contributed by atoms with E-state index in [1.54, 1.807) is 6.92 Å². The molecule has 0 aliphatic carbocycles. The molecule has 2 N–H and O–H groups in total. The van der Waals surface area contributed by atoms with Crippen molar-refractivity contribution < 1.29 is 17.9 Å². The molecule has 7 heteroatoms. The van der Waals surface area contributed by atoms with E-state index in [2.05, 4.69) is 10.0 Å². The monoisotopic (exact) mass is 438 g/mol. The molecule has 1 atom stereocenters. The van der Waals surface area contributed by atoms with Crippen LogP contribution in [-0.4, -0.2) is 20.9 Å². The molecule has 0 saturated heterocycles. The molecule has 0 aliphatic heterocycles. The number of hydrogen-bond acceptors (Lipinski definition) is 4. The molecule has 162 valence electrons. The Morgan fingerprint density at radius 2 is 1.55 bits per heavy atom. The lowest BCUT2D eigenvalue weighted by Gasteiger charge is -2.15. The van der Waals surface area contributed by atoms with Gasteiger partial charge in [0.05, 0.1) is 4.90 Å². The van der Waals surface area contributed by atoms with Gasteiger partial charge in [0, 0.05) is 11.7 Å². The summed E-state index contributed by atoms with van der Waals surface area (Å²) in [4.78, 5) is 12.3. The number of sulfonamides is 1. The summed E-state index contributed by atoms with van der Waals surface area (Å²) in [5, 5.41) is 2.80. The van der Waals surface area contributed by atoms with E-state index in [4.69, 9.17) is 4.74 Å². The Kier molecular flexibility index (Phi) is 7.09. The number of hydrogen-bond donors (Lipinski definition) is 2. The van der Waals surface area contributed by atoms with E-state index in [0.717, 1.165) is 16.7 Å². The summed E-state index contributed by atoms with van der Waals surface area (Å²) in [7, 11) is -3.69. The van der Waals surface area contributed by atoms with Gasteiger partial charge in [0.15, 0.2) is 6.61 Å². The summed E-state index contributed by atoms with van der Waals surface area (Å²) in [6, 6.07) is 20.7. The van der Waals surface area contributed by atoms with E-state index in [1.807, 2.05) is 62.4 Å². The Morgan fingerprint density at radius 3 is 2.16 bits per heavy atom. The fourth-order valence-corrected chi connectivity index (χ4v) is 4.45. The summed E-state index contributed by atoms with van der Waals surface area (Å²) in [6.45, 7) is 5.54. The molecular weight excluding hydrogens is 412 g/mol. The van der Waals surface area contributed by atoms with Crippen LogP contribution in [0.4, 0.5) is 5.69 Å². The second-order valence-electron chi connectivity index (χ2n) is 7.44. The van der Waals surface area contributed by atoms with Crippen LogP contribution in [0.3, 0.4) is 0 Å². The number of amides is 1. The Labute approximate surface area is 183 Å². The van der Waals surface area contributed by atoms with Gasteiger partial charge in [-0.05, 0) is 73.9 Å².